The summed E-state index contributed by atoms with van der Waals surface area (Å²) in [6.45, 7) is 1.75. The first-order valence-electron chi connectivity index (χ1n) is 3.39. The van der Waals surface area contributed by atoms with Gasteiger partial charge in [-0.3, -0.25) is 0 Å². The number of nitrogen functional groups attached to an aromatic ring is 1. The van der Waals surface area contributed by atoms with Crippen molar-refractivity contribution in [2.75, 3.05) is 5.73 Å². The summed E-state index contributed by atoms with van der Waals surface area (Å²) in [5.41, 5.74) is 6.69. The number of anilines is 1. The van der Waals surface area contributed by atoms with E-state index in [2.05, 4.69) is 19.9 Å². The van der Waals surface area contributed by atoms with Gasteiger partial charge in [-0.15, -0.1) is 0 Å². The second-order valence-corrected chi connectivity index (χ2v) is 2.49. The van der Waals surface area contributed by atoms with Crippen LogP contribution in [0.1, 0.15) is 5.69 Å². The van der Waals surface area contributed by atoms with Gasteiger partial charge in [0.25, 0.3) is 0 Å². The molecule has 0 atom stereocenters. The number of hydrogen-bond acceptors (Lipinski definition) is 4. The predicted octanol–water partition coefficient (Wildman–Crippen LogP) is -0.463. The second-order valence-electron chi connectivity index (χ2n) is 2.49. The van der Waals surface area contributed by atoms with Gasteiger partial charge >= 0.3 is 5.69 Å². The molecule has 2 aromatic rings. The van der Waals surface area contributed by atoms with Crippen molar-refractivity contribution >= 4 is 17.1 Å². The Morgan fingerprint density at radius 2 is 2.08 bits per heavy atom. The molecule has 0 bridgehead atoms. The number of nitrogens with one attached hydrogen (secondary N) is 2. The zero-order chi connectivity index (χ0) is 8.72. The molecule has 0 fully saturated rings. The van der Waals surface area contributed by atoms with Crippen LogP contribution in [0.3, 0.4) is 0 Å². The summed E-state index contributed by atoms with van der Waals surface area (Å²) in [4.78, 5) is 23.6. The molecule has 62 valence electrons. The van der Waals surface area contributed by atoms with Crippen LogP contribution in [0.2, 0.25) is 0 Å². The van der Waals surface area contributed by atoms with Gasteiger partial charge in [0, 0.05) is 5.69 Å². The smallest absolute Gasteiger partial charge is 0.347 e. The number of H-pyrrole nitrogens is 2. The van der Waals surface area contributed by atoms with E-state index in [1.54, 1.807) is 6.92 Å². The molecule has 0 saturated carbocycles. The van der Waals surface area contributed by atoms with Gasteiger partial charge in [-0.2, -0.15) is 9.97 Å². The fourth-order valence-electron chi connectivity index (χ4n) is 1.07. The molecule has 0 aliphatic heterocycles. The number of aromatic nitrogens is 4. The zero-order valence-electron chi connectivity index (χ0n) is 6.38. The highest BCUT2D eigenvalue weighted by Gasteiger charge is 2.04. The minimum Gasteiger partial charge on any atom is -0.369 e. The average Bonchev–Trinajstić information content (AvgIpc) is 2.29. The quantitative estimate of drug-likeness (QED) is 0.491. The van der Waals surface area contributed by atoms with Crippen LogP contribution in [0.25, 0.3) is 11.2 Å². The maximum absolute atomic E-state index is 10.9. The number of rotatable bonds is 0. The summed E-state index contributed by atoms with van der Waals surface area (Å²) in [6, 6.07) is 0. The maximum Gasteiger partial charge on any atom is 0.347 e. The molecule has 0 aliphatic rings. The van der Waals surface area contributed by atoms with Crippen LogP contribution in [0.4, 0.5) is 5.95 Å². The normalized spacial score (nSPS) is 10.8. The Hall–Kier alpha value is -1.85. The lowest BCUT2D eigenvalue weighted by molar-refractivity contribution is 1.06. The minimum atomic E-state index is -0.411. The highest BCUT2D eigenvalue weighted by Crippen LogP contribution is 2.09. The van der Waals surface area contributed by atoms with E-state index in [1.807, 2.05) is 0 Å². The lowest BCUT2D eigenvalue weighted by Crippen LogP contribution is -2.11. The van der Waals surface area contributed by atoms with Crippen LogP contribution < -0.4 is 11.4 Å². The first-order valence-corrected chi connectivity index (χ1v) is 3.39. The Bertz CT molecular complexity index is 482. The van der Waals surface area contributed by atoms with Crippen molar-refractivity contribution in [3.05, 3.63) is 16.2 Å². The summed E-state index contributed by atoms with van der Waals surface area (Å²) < 4.78 is 0. The van der Waals surface area contributed by atoms with Gasteiger partial charge in [-0.25, -0.2) is 4.79 Å². The number of aromatic amines is 2. The van der Waals surface area contributed by atoms with Gasteiger partial charge in [0.05, 0.1) is 0 Å². The first-order chi connectivity index (χ1) is 5.66. The van der Waals surface area contributed by atoms with E-state index >= 15 is 0 Å². The van der Waals surface area contributed by atoms with Crippen LogP contribution in [-0.4, -0.2) is 19.9 Å². The monoisotopic (exact) mass is 165 g/mol. The van der Waals surface area contributed by atoms with Crippen molar-refractivity contribution in [2.45, 2.75) is 6.92 Å². The Morgan fingerprint density at radius 3 is 2.83 bits per heavy atom. The van der Waals surface area contributed by atoms with E-state index in [-0.39, 0.29) is 5.95 Å². The van der Waals surface area contributed by atoms with Gasteiger partial charge in [0.1, 0.15) is 5.52 Å². The highest BCUT2D eigenvalue weighted by atomic mass is 16.1. The molecule has 0 amide bonds. The summed E-state index contributed by atoms with van der Waals surface area (Å²) in [5.74, 6) is 0.264. The van der Waals surface area contributed by atoms with Gasteiger partial charge in [-0.05, 0) is 6.92 Å². The third kappa shape index (κ3) is 0.849. The molecule has 0 unspecified atom stereocenters. The molecule has 0 radical (unpaired) electrons. The number of nitrogens with zero attached hydrogens (tertiary/aromatic N) is 2. The number of hydrogen-bond donors (Lipinski definition) is 3. The Labute approximate surface area is 66.8 Å². The highest BCUT2D eigenvalue weighted by molar-refractivity contribution is 5.74. The van der Waals surface area contributed by atoms with Crippen molar-refractivity contribution in [3.8, 4) is 0 Å². The lowest BCUT2D eigenvalue weighted by Gasteiger charge is -1.90. The number of aryl methyl sites for hydroxylation is 1. The second kappa shape index (κ2) is 2.07. The Morgan fingerprint density at radius 1 is 1.33 bits per heavy atom. The number of nitrogens with two attached hydrogens (primary N) is 1. The molecule has 2 heterocycles. The van der Waals surface area contributed by atoms with Gasteiger partial charge in [0.2, 0.25) is 0 Å². The molecular weight excluding hydrogens is 158 g/mol. The van der Waals surface area contributed by atoms with E-state index < -0.39 is 5.69 Å². The van der Waals surface area contributed by atoms with Gasteiger partial charge < -0.3 is 15.7 Å². The van der Waals surface area contributed by atoms with Gasteiger partial charge in [0.15, 0.2) is 11.6 Å². The number of imidazole rings is 1. The molecule has 0 aromatic carbocycles. The standard InChI is InChI=1S/C6H7N5O/c1-2-3-4(10-5(7)9-3)11-6(12)8-2/h1H3,(H4,7,8,9,10,11,12). The zero-order valence-corrected chi connectivity index (χ0v) is 6.38. The van der Waals surface area contributed by atoms with E-state index in [1.165, 1.54) is 0 Å². The SMILES string of the molecule is Cc1[nH]c(=O)nc2nc(N)[nH]c12. The summed E-state index contributed by atoms with van der Waals surface area (Å²) in [6.07, 6.45) is 0. The minimum absolute atomic E-state index is 0.264. The molecule has 4 N–H and O–H groups in total. The average molecular weight is 165 g/mol. The number of fused-ring (bicyclic) bond motifs is 1. The van der Waals surface area contributed by atoms with Crippen molar-refractivity contribution in [3.63, 3.8) is 0 Å². The van der Waals surface area contributed by atoms with Crippen LogP contribution in [-0.2, 0) is 0 Å². The molecule has 0 aliphatic carbocycles. The van der Waals surface area contributed by atoms with Crippen LogP contribution >= 0.6 is 0 Å². The van der Waals surface area contributed by atoms with E-state index in [9.17, 15) is 4.79 Å². The van der Waals surface area contributed by atoms with E-state index in [4.69, 9.17) is 5.73 Å². The van der Waals surface area contributed by atoms with Crippen molar-refractivity contribution in [1.29, 1.82) is 0 Å². The van der Waals surface area contributed by atoms with Crippen LogP contribution in [0.15, 0.2) is 4.79 Å². The maximum atomic E-state index is 10.9. The molecular formula is C6H7N5O. The predicted molar refractivity (Wildman–Crippen MR) is 43.7 cm³/mol. The van der Waals surface area contributed by atoms with Gasteiger partial charge in [-0.1, -0.05) is 0 Å². The van der Waals surface area contributed by atoms with Crippen molar-refractivity contribution < 1.29 is 0 Å². The van der Waals surface area contributed by atoms with Crippen molar-refractivity contribution in [2.24, 2.45) is 0 Å². The molecule has 0 spiro atoms. The molecule has 0 saturated heterocycles. The fraction of sp³-hybridized carbons (Fsp3) is 0.167. The van der Waals surface area contributed by atoms with Crippen LogP contribution in [0, 0.1) is 6.92 Å². The lowest BCUT2D eigenvalue weighted by atomic mass is 10.4. The van der Waals surface area contributed by atoms with E-state index in [0.717, 1.165) is 0 Å². The third-order valence-electron chi connectivity index (χ3n) is 1.58. The Kier molecular flexibility index (Phi) is 1.18. The largest absolute Gasteiger partial charge is 0.369 e. The topological polar surface area (TPSA) is 100 Å². The third-order valence-corrected chi connectivity index (χ3v) is 1.58. The fourth-order valence-corrected chi connectivity index (χ4v) is 1.07. The summed E-state index contributed by atoms with van der Waals surface area (Å²) in [5, 5.41) is 0. The molecule has 6 heteroatoms. The van der Waals surface area contributed by atoms with E-state index in [0.29, 0.717) is 16.9 Å². The molecule has 2 aromatic heterocycles. The Balaban J connectivity index is 2.97. The van der Waals surface area contributed by atoms with Crippen molar-refractivity contribution in [1.82, 2.24) is 19.9 Å². The molecule has 6 nitrogen and oxygen atoms in total. The summed E-state index contributed by atoms with van der Waals surface area (Å²) >= 11 is 0. The first kappa shape index (κ1) is 6.84. The molecule has 2 rings (SSSR count). The summed E-state index contributed by atoms with van der Waals surface area (Å²) in [7, 11) is 0. The molecule has 12 heavy (non-hydrogen) atoms. The van der Waals surface area contributed by atoms with Crippen LogP contribution in [0.5, 0.6) is 0 Å².